The second-order valence-corrected chi connectivity index (χ2v) is 7.28. The van der Waals surface area contributed by atoms with Gasteiger partial charge in [0.05, 0.1) is 12.1 Å². The Balaban J connectivity index is 1.92. The van der Waals surface area contributed by atoms with Gasteiger partial charge in [0.1, 0.15) is 0 Å². The Kier molecular flexibility index (Phi) is 5.19. The first-order valence-corrected chi connectivity index (χ1v) is 8.51. The highest BCUT2D eigenvalue weighted by Crippen LogP contribution is 2.20. The Morgan fingerprint density at radius 1 is 1.26 bits per heavy atom. The minimum Gasteiger partial charge on any atom is -0.383 e. The molecule has 6 nitrogen and oxygen atoms in total. The molecule has 0 aromatic carbocycles. The van der Waals surface area contributed by atoms with Crippen LogP contribution in [-0.4, -0.2) is 58.2 Å². The zero-order chi connectivity index (χ0) is 13.8. The minimum absolute atomic E-state index is 0.238. The Morgan fingerprint density at radius 2 is 2.00 bits per heavy atom. The normalized spacial score (nSPS) is 29.7. The van der Waals surface area contributed by atoms with Gasteiger partial charge in [-0.1, -0.05) is 6.42 Å². The van der Waals surface area contributed by atoms with Gasteiger partial charge in [0, 0.05) is 26.7 Å². The first-order valence-electron chi connectivity index (χ1n) is 7.07. The summed E-state index contributed by atoms with van der Waals surface area (Å²) in [6, 6.07) is 0. The van der Waals surface area contributed by atoms with E-state index < -0.39 is 10.2 Å². The number of methoxy groups -OCH3 is 1. The van der Waals surface area contributed by atoms with Crippen molar-refractivity contribution < 1.29 is 13.2 Å². The van der Waals surface area contributed by atoms with Crippen LogP contribution in [0.4, 0.5) is 0 Å². The Hall–Kier alpha value is -0.210. The molecule has 2 heterocycles. The molecule has 2 fully saturated rings. The lowest BCUT2D eigenvalue weighted by atomic mass is 9.99. The summed E-state index contributed by atoms with van der Waals surface area (Å²) in [7, 11) is -1.69. The molecule has 0 bridgehead atoms. The van der Waals surface area contributed by atoms with Crippen molar-refractivity contribution in [2.75, 3.05) is 39.9 Å². The third kappa shape index (κ3) is 3.88. The highest BCUT2D eigenvalue weighted by Gasteiger charge is 2.35. The minimum atomic E-state index is -3.34. The average molecular weight is 291 g/mol. The standard InChI is InChI=1S/C12H25N3O3S/c1-18-11-12(6-5-7-13-12)10-14-19(16,17)15-8-3-2-4-9-15/h13-14H,2-11H2,1H3. The zero-order valence-electron chi connectivity index (χ0n) is 11.7. The molecule has 0 aromatic rings. The number of rotatable bonds is 6. The van der Waals surface area contributed by atoms with Crippen molar-refractivity contribution in [2.24, 2.45) is 0 Å². The number of ether oxygens (including phenoxy) is 1. The molecule has 0 aliphatic carbocycles. The van der Waals surface area contributed by atoms with Gasteiger partial charge < -0.3 is 10.1 Å². The van der Waals surface area contributed by atoms with Crippen LogP contribution >= 0.6 is 0 Å². The van der Waals surface area contributed by atoms with Gasteiger partial charge in [-0.05, 0) is 32.2 Å². The van der Waals surface area contributed by atoms with Crippen molar-refractivity contribution in [2.45, 2.75) is 37.6 Å². The van der Waals surface area contributed by atoms with E-state index in [-0.39, 0.29) is 5.54 Å². The van der Waals surface area contributed by atoms with E-state index in [2.05, 4.69) is 10.0 Å². The lowest BCUT2D eigenvalue weighted by molar-refractivity contribution is 0.122. The molecule has 0 saturated carbocycles. The highest BCUT2D eigenvalue weighted by molar-refractivity contribution is 7.87. The van der Waals surface area contributed by atoms with Crippen LogP contribution < -0.4 is 10.0 Å². The van der Waals surface area contributed by atoms with Gasteiger partial charge in [-0.25, -0.2) is 4.72 Å². The Morgan fingerprint density at radius 3 is 2.58 bits per heavy atom. The molecular formula is C12H25N3O3S. The molecule has 2 aliphatic heterocycles. The van der Waals surface area contributed by atoms with Gasteiger partial charge in [-0.15, -0.1) is 0 Å². The van der Waals surface area contributed by atoms with Crippen molar-refractivity contribution in [3.8, 4) is 0 Å². The van der Waals surface area contributed by atoms with Crippen LogP contribution in [0, 0.1) is 0 Å². The van der Waals surface area contributed by atoms with E-state index in [1.165, 1.54) is 0 Å². The van der Waals surface area contributed by atoms with Crippen LogP contribution in [0.5, 0.6) is 0 Å². The lowest BCUT2D eigenvalue weighted by Crippen LogP contribution is -2.55. The predicted molar refractivity (Wildman–Crippen MR) is 74.2 cm³/mol. The summed E-state index contributed by atoms with van der Waals surface area (Å²) >= 11 is 0. The number of hydrogen-bond acceptors (Lipinski definition) is 4. The molecule has 0 amide bonds. The summed E-state index contributed by atoms with van der Waals surface area (Å²) in [5.74, 6) is 0. The van der Waals surface area contributed by atoms with Crippen LogP contribution in [-0.2, 0) is 14.9 Å². The largest absolute Gasteiger partial charge is 0.383 e. The summed E-state index contributed by atoms with van der Waals surface area (Å²) in [5.41, 5.74) is -0.238. The topological polar surface area (TPSA) is 70.7 Å². The Bertz CT molecular complexity index is 374. The van der Waals surface area contributed by atoms with E-state index in [0.717, 1.165) is 38.6 Å². The van der Waals surface area contributed by atoms with E-state index in [0.29, 0.717) is 26.2 Å². The molecule has 112 valence electrons. The maximum Gasteiger partial charge on any atom is 0.279 e. The van der Waals surface area contributed by atoms with Gasteiger partial charge >= 0.3 is 0 Å². The summed E-state index contributed by atoms with van der Waals surface area (Å²) in [6.07, 6.45) is 5.06. The second-order valence-electron chi connectivity index (χ2n) is 5.53. The first kappa shape index (κ1) is 15.2. The monoisotopic (exact) mass is 291 g/mol. The van der Waals surface area contributed by atoms with Crippen molar-refractivity contribution in [3.63, 3.8) is 0 Å². The molecule has 1 atom stereocenters. The fraction of sp³-hybridized carbons (Fsp3) is 1.00. The Labute approximate surface area is 116 Å². The van der Waals surface area contributed by atoms with Crippen LogP contribution in [0.3, 0.4) is 0 Å². The van der Waals surface area contributed by atoms with Gasteiger partial charge in [-0.2, -0.15) is 12.7 Å². The molecule has 0 spiro atoms. The molecule has 2 N–H and O–H groups in total. The maximum absolute atomic E-state index is 12.2. The van der Waals surface area contributed by atoms with E-state index in [9.17, 15) is 8.42 Å². The molecular weight excluding hydrogens is 266 g/mol. The van der Waals surface area contributed by atoms with Crippen molar-refractivity contribution in [1.29, 1.82) is 0 Å². The second kappa shape index (κ2) is 6.49. The fourth-order valence-electron chi connectivity index (χ4n) is 2.90. The molecule has 2 rings (SSSR count). The molecule has 7 heteroatoms. The lowest BCUT2D eigenvalue weighted by Gasteiger charge is -2.31. The SMILES string of the molecule is COCC1(CNS(=O)(=O)N2CCCCC2)CCCN1. The van der Waals surface area contributed by atoms with Crippen molar-refractivity contribution in [3.05, 3.63) is 0 Å². The summed E-state index contributed by atoms with van der Waals surface area (Å²) in [5, 5.41) is 3.38. The number of nitrogens with one attached hydrogen (secondary N) is 2. The zero-order valence-corrected chi connectivity index (χ0v) is 12.5. The summed E-state index contributed by atoms with van der Waals surface area (Å²) < 4.78 is 34.0. The van der Waals surface area contributed by atoms with Crippen LogP contribution in [0.1, 0.15) is 32.1 Å². The smallest absolute Gasteiger partial charge is 0.279 e. The average Bonchev–Trinajstić information content (AvgIpc) is 2.87. The van der Waals surface area contributed by atoms with Crippen LogP contribution in [0.15, 0.2) is 0 Å². The predicted octanol–water partition coefficient (Wildman–Crippen LogP) is 0.0753. The van der Waals surface area contributed by atoms with E-state index >= 15 is 0 Å². The number of hydrogen-bond donors (Lipinski definition) is 2. The quantitative estimate of drug-likeness (QED) is 0.727. The summed E-state index contributed by atoms with van der Waals surface area (Å²) in [4.78, 5) is 0. The first-order chi connectivity index (χ1) is 9.08. The van der Waals surface area contributed by atoms with E-state index in [4.69, 9.17) is 4.74 Å². The number of piperidine rings is 1. The third-order valence-corrected chi connectivity index (χ3v) is 5.55. The van der Waals surface area contributed by atoms with E-state index in [1.807, 2.05) is 0 Å². The van der Waals surface area contributed by atoms with Crippen LogP contribution in [0.2, 0.25) is 0 Å². The molecule has 0 aromatic heterocycles. The summed E-state index contributed by atoms with van der Waals surface area (Å²) in [6.45, 7) is 3.14. The molecule has 2 aliphatic rings. The van der Waals surface area contributed by atoms with Crippen LogP contribution in [0.25, 0.3) is 0 Å². The molecule has 19 heavy (non-hydrogen) atoms. The van der Waals surface area contributed by atoms with Crippen molar-refractivity contribution >= 4 is 10.2 Å². The number of nitrogens with zero attached hydrogens (tertiary/aromatic N) is 1. The maximum atomic E-state index is 12.2. The highest BCUT2D eigenvalue weighted by atomic mass is 32.2. The van der Waals surface area contributed by atoms with E-state index in [1.54, 1.807) is 11.4 Å². The van der Waals surface area contributed by atoms with Crippen molar-refractivity contribution in [1.82, 2.24) is 14.3 Å². The van der Waals surface area contributed by atoms with Gasteiger partial charge in [-0.3, -0.25) is 0 Å². The molecule has 2 saturated heterocycles. The molecule has 1 unspecified atom stereocenters. The van der Waals surface area contributed by atoms with Gasteiger partial charge in [0.15, 0.2) is 0 Å². The third-order valence-electron chi connectivity index (χ3n) is 4.00. The molecule has 0 radical (unpaired) electrons. The fourth-order valence-corrected chi connectivity index (χ4v) is 4.28. The van der Waals surface area contributed by atoms with Gasteiger partial charge in [0.25, 0.3) is 10.2 Å². The van der Waals surface area contributed by atoms with Gasteiger partial charge in [0.2, 0.25) is 0 Å².